The van der Waals surface area contributed by atoms with Crippen LogP contribution >= 0.6 is 0 Å². The molecule has 0 spiro atoms. The standard InChI is InChI=1S/C19H21F2N5O2/c1-10-18(27)24-16-8-22-19(25-17(16)26(10)2)23-12-6-13(7-12)28-9-11-3-4-14(20)15(21)5-11/h3-5,8,10,12-13H,6-7,9H2,1-2H3,(H,24,27)(H,22,23,25)/t10-,12-,13-/m0/s1. The van der Waals surface area contributed by atoms with Crippen molar-refractivity contribution in [1.29, 1.82) is 0 Å². The molecule has 148 valence electrons. The monoisotopic (exact) mass is 389 g/mol. The van der Waals surface area contributed by atoms with Crippen LogP contribution < -0.4 is 15.5 Å². The van der Waals surface area contributed by atoms with E-state index in [4.69, 9.17) is 4.74 Å². The van der Waals surface area contributed by atoms with Gasteiger partial charge in [0.15, 0.2) is 17.5 Å². The number of carbonyl (C=O) groups excluding carboxylic acids is 1. The third-order valence-corrected chi connectivity index (χ3v) is 5.22. The molecule has 2 aliphatic rings. The van der Waals surface area contributed by atoms with Crippen molar-refractivity contribution in [2.24, 2.45) is 0 Å². The Morgan fingerprint density at radius 2 is 2.11 bits per heavy atom. The van der Waals surface area contributed by atoms with Crippen molar-refractivity contribution in [3.63, 3.8) is 0 Å². The number of nitrogens with one attached hydrogen (secondary N) is 2. The zero-order valence-corrected chi connectivity index (χ0v) is 15.6. The van der Waals surface area contributed by atoms with Crippen LogP contribution in [0.5, 0.6) is 0 Å². The van der Waals surface area contributed by atoms with Gasteiger partial charge in [0.2, 0.25) is 11.9 Å². The number of benzene rings is 1. The van der Waals surface area contributed by atoms with Gasteiger partial charge in [-0.05, 0) is 37.5 Å². The molecule has 0 radical (unpaired) electrons. The molecule has 1 saturated carbocycles. The molecule has 1 amide bonds. The Labute approximate surface area is 161 Å². The van der Waals surface area contributed by atoms with Gasteiger partial charge in [0, 0.05) is 13.1 Å². The maximum absolute atomic E-state index is 13.2. The van der Waals surface area contributed by atoms with Crippen LogP contribution in [0.1, 0.15) is 25.3 Å². The zero-order valence-electron chi connectivity index (χ0n) is 15.6. The lowest BCUT2D eigenvalue weighted by atomic mass is 9.89. The van der Waals surface area contributed by atoms with Crippen LogP contribution in [0.25, 0.3) is 0 Å². The minimum Gasteiger partial charge on any atom is -0.373 e. The quantitative estimate of drug-likeness (QED) is 0.819. The number of halogens is 2. The third kappa shape index (κ3) is 3.62. The molecule has 2 aromatic rings. The summed E-state index contributed by atoms with van der Waals surface area (Å²) in [5.74, 6) is -0.636. The largest absolute Gasteiger partial charge is 0.373 e. The van der Waals surface area contributed by atoms with Crippen LogP contribution in [0, 0.1) is 11.6 Å². The molecule has 1 atom stereocenters. The van der Waals surface area contributed by atoms with Crippen LogP contribution in [0.4, 0.5) is 26.2 Å². The van der Waals surface area contributed by atoms with Crippen molar-refractivity contribution in [2.45, 2.75) is 44.6 Å². The van der Waals surface area contributed by atoms with Crippen LogP contribution in [0.2, 0.25) is 0 Å². The van der Waals surface area contributed by atoms with Crippen LogP contribution in [-0.2, 0) is 16.1 Å². The van der Waals surface area contributed by atoms with Gasteiger partial charge >= 0.3 is 0 Å². The summed E-state index contributed by atoms with van der Waals surface area (Å²) in [6, 6.07) is 3.65. The van der Waals surface area contributed by atoms with Gasteiger partial charge in [0.1, 0.15) is 11.7 Å². The molecule has 0 bridgehead atoms. The fourth-order valence-corrected chi connectivity index (χ4v) is 3.24. The number of likely N-dealkylation sites (N-methyl/N-ethyl adjacent to an activating group) is 1. The number of aromatic nitrogens is 2. The SMILES string of the molecule is C[C@H]1C(=O)Nc2cnc(N[C@H]3C[C@H](OCc4ccc(F)c(F)c4)C3)nc2N1C. The molecule has 9 heteroatoms. The summed E-state index contributed by atoms with van der Waals surface area (Å²) >= 11 is 0. The highest BCUT2D eigenvalue weighted by Gasteiger charge is 2.32. The van der Waals surface area contributed by atoms with Gasteiger partial charge in [0.05, 0.1) is 18.9 Å². The van der Waals surface area contributed by atoms with E-state index in [9.17, 15) is 13.6 Å². The van der Waals surface area contributed by atoms with Crippen molar-refractivity contribution in [3.8, 4) is 0 Å². The fraction of sp³-hybridized carbons (Fsp3) is 0.421. The molecule has 1 aromatic heterocycles. The average Bonchev–Trinajstić information content (AvgIpc) is 2.65. The van der Waals surface area contributed by atoms with Crippen molar-refractivity contribution in [1.82, 2.24) is 9.97 Å². The van der Waals surface area contributed by atoms with Crippen molar-refractivity contribution < 1.29 is 18.3 Å². The fourth-order valence-electron chi connectivity index (χ4n) is 3.24. The second-order valence-electron chi connectivity index (χ2n) is 7.20. The number of hydrogen-bond donors (Lipinski definition) is 2. The van der Waals surface area contributed by atoms with Gasteiger partial charge < -0.3 is 20.3 Å². The van der Waals surface area contributed by atoms with Gasteiger partial charge in [-0.2, -0.15) is 4.98 Å². The molecular formula is C19H21F2N5O2. The first-order chi connectivity index (χ1) is 13.4. The highest BCUT2D eigenvalue weighted by molar-refractivity contribution is 6.02. The van der Waals surface area contributed by atoms with Crippen LogP contribution in [-0.4, -0.2) is 41.1 Å². The first kappa shape index (κ1) is 18.5. The molecule has 28 heavy (non-hydrogen) atoms. The van der Waals surface area contributed by atoms with E-state index in [0.717, 1.165) is 25.0 Å². The molecule has 0 saturated heterocycles. The number of carbonyl (C=O) groups is 1. The van der Waals surface area contributed by atoms with E-state index in [-0.39, 0.29) is 30.7 Å². The summed E-state index contributed by atoms with van der Waals surface area (Å²) in [6.45, 7) is 2.06. The molecule has 4 rings (SSSR count). The predicted molar refractivity (Wildman–Crippen MR) is 100 cm³/mol. The lowest BCUT2D eigenvalue weighted by Gasteiger charge is -2.36. The van der Waals surface area contributed by atoms with E-state index >= 15 is 0 Å². The predicted octanol–water partition coefficient (Wildman–Crippen LogP) is 2.69. The van der Waals surface area contributed by atoms with Gasteiger partial charge in [-0.25, -0.2) is 13.8 Å². The Kier molecular flexibility index (Phi) is 4.84. The number of amides is 1. The maximum Gasteiger partial charge on any atom is 0.246 e. The summed E-state index contributed by atoms with van der Waals surface area (Å²) in [6.07, 6.45) is 3.19. The van der Waals surface area contributed by atoms with Gasteiger partial charge in [0.25, 0.3) is 0 Å². The Bertz CT molecular complexity index is 904. The molecule has 0 unspecified atom stereocenters. The minimum atomic E-state index is -0.866. The highest BCUT2D eigenvalue weighted by atomic mass is 19.2. The number of rotatable bonds is 5. The number of fused-ring (bicyclic) bond motifs is 1. The number of anilines is 3. The Morgan fingerprint density at radius 1 is 1.32 bits per heavy atom. The maximum atomic E-state index is 13.2. The second kappa shape index (κ2) is 7.31. The molecule has 2 heterocycles. The highest BCUT2D eigenvalue weighted by Crippen LogP contribution is 2.31. The van der Waals surface area contributed by atoms with Gasteiger partial charge in [-0.15, -0.1) is 0 Å². The molecule has 1 aliphatic heterocycles. The zero-order chi connectivity index (χ0) is 19.8. The molecular weight excluding hydrogens is 368 g/mol. The summed E-state index contributed by atoms with van der Waals surface area (Å²) < 4.78 is 31.9. The van der Waals surface area contributed by atoms with E-state index in [1.165, 1.54) is 6.07 Å². The lowest BCUT2D eigenvalue weighted by molar-refractivity contribution is -0.117. The Morgan fingerprint density at radius 3 is 2.86 bits per heavy atom. The molecule has 1 aromatic carbocycles. The smallest absolute Gasteiger partial charge is 0.246 e. The van der Waals surface area contributed by atoms with Crippen LogP contribution in [0.3, 0.4) is 0 Å². The first-order valence-corrected chi connectivity index (χ1v) is 9.13. The van der Waals surface area contributed by atoms with E-state index in [1.54, 1.807) is 6.20 Å². The van der Waals surface area contributed by atoms with E-state index < -0.39 is 11.6 Å². The normalized spacial score (nSPS) is 23.6. The van der Waals surface area contributed by atoms with Crippen molar-refractivity contribution in [2.75, 3.05) is 22.6 Å². The van der Waals surface area contributed by atoms with Gasteiger partial charge in [-0.1, -0.05) is 6.07 Å². The van der Waals surface area contributed by atoms with Crippen LogP contribution in [0.15, 0.2) is 24.4 Å². The number of ether oxygens (including phenoxy) is 1. The number of nitrogens with zero attached hydrogens (tertiary/aromatic N) is 3. The van der Waals surface area contributed by atoms with E-state index in [2.05, 4.69) is 20.6 Å². The number of hydrogen-bond acceptors (Lipinski definition) is 6. The molecule has 1 fully saturated rings. The van der Waals surface area contributed by atoms with Crippen molar-refractivity contribution >= 4 is 23.4 Å². The van der Waals surface area contributed by atoms with E-state index in [0.29, 0.717) is 23.0 Å². The van der Waals surface area contributed by atoms with Crippen molar-refractivity contribution in [3.05, 3.63) is 41.6 Å². The summed E-state index contributed by atoms with van der Waals surface area (Å²) in [5, 5.41) is 6.06. The first-order valence-electron chi connectivity index (χ1n) is 9.13. The summed E-state index contributed by atoms with van der Waals surface area (Å²) in [5.41, 5.74) is 1.20. The van der Waals surface area contributed by atoms with E-state index in [1.807, 2.05) is 18.9 Å². The third-order valence-electron chi connectivity index (χ3n) is 5.22. The Hall–Kier alpha value is -2.81. The topological polar surface area (TPSA) is 79.4 Å². The average molecular weight is 389 g/mol. The Balaban J connectivity index is 1.29. The lowest BCUT2D eigenvalue weighted by Crippen LogP contribution is -2.45. The minimum absolute atomic E-state index is 0.0465. The summed E-state index contributed by atoms with van der Waals surface area (Å²) in [7, 11) is 1.82. The second-order valence-corrected chi connectivity index (χ2v) is 7.20. The van der Waals surface area contributed by atoms with Gasteiger partial charge in [-0.3, -0.25) is 4.79 Å². The molecule has 7 nitrogen and oxygen atoms in total. The molecule has 1 aliphatic carbocycles. The summed E-state index contributed by atoms with van der Waals surface area (Å²) in [4.78, 5) is 22.4. The molecule has 2 N–H and O–H groups in total.